The van der Waals surface area contributed by atoms with Gasteiger partial charge in [-0.3, -0.25) is 4.98 Å². The van der Waals surface area contributed by atoms with Crippen molar-refractivity contribution in [3.8, 4) is 10.6 Å². The van der Waals surface area contributed by atoms with Gasteiger partial charge in [-0.15, -0.1) is 11.3 Å². The molecule has 1 aliphatic rings. The molecule has 1 N–H and O–H groups in total. The number of aliphatic hydroxyl groups is 1. The van der Waals surface area contributed by atoms with Crippen LogP contribution in [-0.4, -0.2) is 15.1 Å². The Hall–Kier alpha value is -1.26. The second-order valence-electron chi connectivity index (χ2n) is 6.28. The smallest absolute Gasteiger partial charge is 0.124 e. The van der Waals surface area contributed by atoms with Crippen molar-refractivity contribution in [1.29, 1.82) is 0 Å². The Morgan fingerprint density at radius 3 is 3.00 bits per heavy atom. The highest BCUT2D eigenvalue weighted by atomic mass is 32.1. The molecule has 0 aromatic carbocycles. The summed E-state index contributed by atoms with van der Waals surface area (Å²) in [6.07, 6.45) is 6.07. The van der Waals surface area contributed by atoms with Crippen molar-refractivity contribution in [3.05, 3.63) is 34.6 Å². The number of pyridine rings is 1. The van der Waals surface area contributed by atoms with Gasteiger partial charge >= 0.3 is 0 Å². The Kier molecular flexibility index (Phi) is 3.38. The minimum atomic E-state index is -0.369. The van der Waals surface area contributed by atoms with Crippen molar-refractivity contribution in [2.75, 3.05) is 0 Å². The van der Waals surface area contributed by atoms with Crippen LogP contribution < -0.4 is 0 Å². The van der Waals surface area contributed by atoms with Crippen molar-refractivity contribution in [1.82, 2.24) is 9.97 Å². The number of fused-ring (bicyclic) bond motifs is 1. The maximum Gasteiger partial charge on any atom is 0.124 e. The quantitative estimate of drug-likeness (QED) is 0.915. The van der Waals surface area contributed by atoms with Gasteiger partial charge in [0.25, 0.3) is 0 Å². The fraction of sp³-hybridized carbons (Fsp3) is 0.500. The molecule has 0 radical (unpaired) electrons. The van der Waals surface area contributed by atoms with Gasteiger partial charge in [0.2, 0.25) is 0 Å². The predicted molar refractivity (Wildman–Crippen MR) is 81.8 cm³/mol. The Morgan fingerprint density at radius 1 is 1.45 bits per heavy atom. The first-order valence-corrected chi connectivity index (χ1v) is 7.93. The van der Waals surface area contributed by atoms with E-state index in [0.717, 1.165) is 40.4 Å². The Bertz CT molecular complexity index is 633. The zero-order valence-electron chi connectivity index (χ0n) is 12.2. The number of aromatic nitrogens is 2. The molecule has 0 aliphatic heterocycles. The number of rotatable bonds is 2. The highest BCUT2D eigenvalue weighted by Crippen LogP contribution is 2.44. The topological polar surface area (TPSA) is 46.0 Å². The van der Waals surface area contributed by atoms with Crippen molar-refractivity contribution in [2.45, 2.75) is 46.1 Å². The van der Waals surface area contributed by atoms with E-state index in [9.17, 15) is 5.11 Å². The minimum absolute atomic E-state index is 0.129. The highest BCUT2D eigenvalue weighted by Gasteiger charge is 2.34. The van der Waals surface area contributed by atoms with Gasteiger partial charge in [-0.2, -0.15) is 0 Å². The van der Waals surface area contributed by atoms with Crippen LogP contribution in [0.5, 0.6) is 0 Å². The fourth-order valence-corrected chi connectivity index (χ4v) is 4.05. The zero-order chi connectivity index (χ0) is 14.3. The molecular formula is C16H20N2OS. The molecule has 0 amide bonds. The van der Waals surface area contributed by atoms with Gasteiger partial charge in [0, 0.05) is 18.0 Å². The van der Waals surface area contributed by atoms with Gasteiger partial charge in [0.1, 0.15) is 5.01 Å². The van der Waals surface area contributed by atoms with Crippen molar-refractivity contribution >= 4 is 11.3 Å². The summed E-state index contributed by atoms with van der Waals surface area (Å²) in [5.41, 5.74) is 3.58. The van der Waals surface area contributed by atoms with Crippen LogP contribution in [-0.2, 0) is 12.8 Å². The summed E-state index contributed by atoms with van der Waals surface area (Å²) in [6.45, 7) is 6.52. The van der Waals surface area contributed by atoms with Gasteiger partial charge in [-0.1, -0.05) is 20.8 Å². The molecule has 1 aliphatic carbocycles. The number of hydrogen-bond acceptors (Lipinski definition) is 4. The molecule has 0 saturated carbocycles. The number of aliphatic hydroxyl groups excluding tert-OH is 1. The second-order valence-corrected chi connectivity index (χ2v) is 7.31. The summed E-state index contributed by atoms with van der Waals surface area (Å²) in [6, 6.07) is 2.03. The molecule has 3 rings (SSSR count). The molecule has 0 saturated heterocycles. The SMILES string of the molecule is CCc1cnccc1-c1nc2c(s1)C(O)CC(C)(C)C2. The van der Waals surface area contributed by atoms with E-state index in [2.05, 4.69) is 25.8 Å². The first kappa shape index (κ1) is 13.7. The molecule has 1 unspecified atom stereocenters. The number of hydrogen-bond donors (Lipinski definition) is 1. The third kappa shape index (κ3) is 2.38. The lowest BCUT2D eigenvalue weighted by molar-refractivity contribution is 0.102. The highest BCUT2D eigenvalue weighted by molar-refractivity contribution is 7.15. The lowest BCUT2D eigenvalue weighted by atomic mass is 9.77. The van der Waals surface area contributed by atoms with Crippen LogP contribution in [0.25, 0.3) is 10.6 Å². The van der Waals surface area contributed by atoms with Crippen molar-refractivity contribution in [3.63, 3.8) is 0 Å². The standard InChI is InChI=1S/C16H20N2OS/c1-4-10-9-17-6-5-11(10)15-18-12-7-16(2,3)8-13(19)14(12)20-15/h5-6,9,13,19H,4,7-8H2,1-3H3. The van der Waals surface area contributed by atoms with E-state index < -0.39 is 0 Å². The zero-order valence-corrected chi connectivity index (χ0v) is 13.0. The molecule has 1 atom stereocenters. The Labute approximate surface area is 123 Å². The van der Waals surface area contributed by atoms with Crippen LogP contribution in [0.1, 0.15) is 49.4 Å². The van der Waals surface area contributed by atoms with E-state index in [4.69, 9.17) is 4.98 Å². The second kappa shape index (κ2) is 4.93. The Morgan fingerprint density at radius 2 is 2.25 bits per heavy atom. The summed E-state index contributed by atoms with van der Waals surface area (Å²) < 4.78 is 0. The molecule has 0 bridgehead atoms. The third-order valence-electron chi connectivity index (χ3n) is 3.94. The van der Waals surface area contributed by atoms with Gasteiger partial charge in [-0.05, 0) is 36.3 Å². The summed E-state index contributed by atoms with van der Waals surface area (Å²) in [5.74, 6) is 0. The van der Waals surface area contributed by atoms with Gasteiger partial charge in [0.15, 0.2) is 0 Å². The van der Waals surface area contributed by atoms with Crippen molar-refractivity contribution in [2.24, 2.45) is 5.41 Å². The maximum atomic E-state index is 10.3. The largest absolute Gasteiger partial charge is 0.387 e. The normalized spacial score (nSPS) is 20.7. The number of aryl methyl sites for hydroxylation is 1. The number of thiazole rings is 1. The molecule has 106 valence electrons. The molecule has 4 heteroatoms. The van der Waals surface area contributed by atoms with E-state index in [1.807, 2.05) is 18.5 Å². The van der Waals surface area contributed by atoms with E-state index >= 15 is 0 Å². The average Bonchev–Trinajstić information content (AvgIpc) is 2.81. The molecular weight excluding hydrogens is 268 g/mol. The summed E-state index contributed by atoms with van der Waals surface area (Å²) in [4.78, 5) is 10.0. The van der Waals surface area contributed by atoms with Crippen LogP contribution in [0.2, 0.25) is 0 Å². The molecule has 0 spiro atoms. The van der Waals surface area contributed by atoms with Gasteiger partial charge in [-0.25, -0.2) is 4.98 Å². The van der Waals surface area contributed by atoms with Crippen LogP contribution in [0, 0.1) is 5.41 Å². The third-order valence-corrected chi connectivity index (χ3v) is 5.17. The average molecular weight is 288 g/mol. The van der Waals surface area contributed by atoms with Crippen LogP contribution in [0.4, 0.5) is 0 Å². The van der Waals surface area contributed by atoms with Crippen molar-refractivity contribution < 1.29 is 5.11 Å². The minimum Gasteiger partial charge on any atom is -0.387 e. The van der Waals surface area contributed by atoms with E-state index in [1.165, 1.54) is 5.56 Å². The lowest BCUT2D eigenvalue weighted by Crippen LogP contribution is -2.24. The van der Waals surface area contributed by atoms with E-state index in [1.54, 1.807) is 11.3 Å². The number of nitrogens with zero attached hydrogens (tertiary/aromatic N) is 2. The van der Waals surface area contributed by atoms with Crippen LogP contribution >= 0.6 is 11.3 Å². The molecule has 0 fully saturated rings. The van der Waals surface area contributed by atoms with Gasteiger partial charge < -0.3 is 5.11 Å². The maximum absolute atomic E-state index is 10.3. The summed E-state index contributed by atoms with van der Waals surface area (Å²) in [5, 5.41) is 11.4. The summed E-state index contributed by atoms with van der Waals surface area (Å²) >= 11 is 1.64. The van der Waals surface area contributed by atoms with Crippen LogP contribution in [0.3, 0.4) is 0 Å². The molecule has 3 nitrogen and oxygen atoms in total. The lowest BCUT2D eigenvalue weighted by Gasteiger charge is -2.31. The molecule has 2 aromatic rings. The molecule has 2 aromatic heterocycles. The molecule has 20 heavy (non-hydrogen) atoms. The van der Waals surface area contributed by atoms with Gasteiger partial charge in [0.05, 0.1) is 16.7 Å². The molecule has 2 heterocycles. The predicted octanol–water partition coefficient (Wildman–Crippen LogP) is 3.77. The first-order chi connectivity index (χ1) is 9.50. The van der Waals surface area contributed by atoms with Crippen LogP contribution in [0.15, 0.2) is 18.5 Å². The van der Waals surface area contributed by atoms with E-state index in [0.29, 0.717) is 0 Å². The first-order valence-electron chi connectivity index (χ1n) is 7.11. The fourth-order valence-electron chi connectivity index (χ4n) is 2.92. The monoisotopic (exact) mass is 288 g/mol. The summed E-state index contributed by atoms with van der Waals surface area (Å²) in [7, 11) is 0. The van der Waals surface area contributed by atoms with E-state index in [-0.39, 0.29) is 11.5 Å². The Balaban J connectivity index is 2.06.